The molecule has 1 N–H and O–H groups in total. The summed E-state index contributed by atoms with van der Waals surface area (Å²) in [5.74, 6) is 0.748. The fraction of sp³-hybridized carbons (Fsp3) is 0.240. The Morgan fingerprint density at radius 2 is 1.48 bits per heavy atom. The van der Waals surface area contributed by atoms with Crippen LogP contribution < -0.4 is 10.1 Å². The number of rotatable bonds is 6. The Hall–Kier alpha value is -3.27. The average Bonchev–Trinajstić information content (AvgIpc) is 2.71. The minimum absolute atomic E-state index is 0.341. The maximum absolute atomic E-state index is 12.4. The van der Waals surface area contributed by atoms with Gasteiger partial charge in [0.2, 0.25) is 0 Å². The van der Waals surface area contributed by atoms with Crippen LogP contribution >= 0.6 is 0 Å². The van der Waals surface area contributed by atoms with Crippen molar-refractivity contribution in [1.29, 1.82) is 0 Å². The van der Waals surface area contributed by atoms with Crippen molar-refractivity contribution in [2.45, 2.75) is 39.0 Å². The van der Waals surface area contributed by atoms with Crippen LogP contribution in [-0.4, -0.2) is 11.7 Å². The summed E-state index contributed by atoms with van der Waals surface area (Å²) in [6.45, 7) is 6.03. The van der Waals surface area contributed by atoms with Crippen molar-refractivity contribution in [3.8, 4) is 5.75 Å². The van der Waals surface area contributed by atoms with Gasteiger partial charge < -0.3 is 14.8 Å². The molecule has 4 nitrogen and oxygen atoms in total. The van der Waals surface area contributed by atoms with Crippen molar-refractivity contribution in [1.82, 2.24) is 5.32 Å². The Balaban J connectivity index is 1.81. The first-order chi connectivity index (χ1) is 13.9. The minimum Gasteiger partial charge on any atom is -0.489 e. The summed E-state index contributed by atoms with van der Waals surface area (Å²) in [5.41, 5.74) is 2.43. The van der Waals surface area contributed by atoms with E-state index in [0.717, 1.165) is 22.4 Å². The maximum atomic E-state index is 12.4. The van der Waals surface area contributed by atoms with E-state index in [9.17, 15) is 4.79 Å². The van der Waals surface area contributed by atoms with E-state index in [1.165, 1.54) is 0 Å². The van der Waals surface area contributed by atoms with Gasteiger partial charge >= 0.3 is 6.09 Å². The van der Waals surface area contributed by atoms with Crippen molar-refractivity contribution in [3.63, 3.8) is 0 Å². The van der Waals surface area contributed by atoms with Gasteiger partial charge in [0.1, 0.15) is 18.0 Å². The van der Waals surface area contributed by atoms with E-state index in [0.29, 0.717) is 6.61 Å². The highest BCUT2D eigenvalue weighted by Crippen LogP contribution is 2.26. The normalized spacial score (nSPS) is 12.1. The first-order valence-electron chi connectivity index (χ1n) is 9.72. The largest absolute Gasteiger partial charge is 0.489 e. The quantitative estimate of drug-likeness (QED) is 0.573. The van der Waals surface area contributed by atoms with E-state index >= 15 is 0 Å². The molecule has 0 saturated heterocycles. The van der Waals surface area contributed by atoms with Crippen LogP contribution in [0.15, 0.2) is 84.9 Å². The average molecular weight is 389 g/mol. The Kier molecular flexibility index (Phi) is 6.55. The summed E-state index contributed by atoms with van der Waals surface area (Å²) in [5, 5.41) is 2.99. The molecule has 0 aliphatic heterocycles. The van der Waals surface area contributed by atoms with Gasteiger partial charge in [-0.25, -0.2) is 4.79 Å². The Morgan fingerprint density at radius 3 is 2.14 bits per heavy atom. The van der Waals surface area contributed by atoms with Crippen molar-refractivity contribution in [3.05, 3.63) is 102 Å². The van der Waals surface area contributed by atoms with Crippen LogP contribution in [0.3, 0.4) is 0 Å². The molecule has 0 saturated carbocycles. The molecule has 3 rings (SSSR count). The number of nitrogens with one attached hydrogen (secondary N) is 1. The third kappa shape index (κ3) is 6.39. The van der Waals surface area contributed by atoms with Crippen LogP contribution in [0, 0.1) is 0 Å². The molecule has 0 fully saturated rings. The fourth-order valence-corrected chi connectivity index (χ4v) is 2.95. The minimum atomic E-state index is -0.564. The standard InChI is InChI=1S/C25H27NO3/c1-25(2,3)29-24(27)26-23(20-13-8-5-9-14-20)21-15-10-16-22(17-21)28-18-19-11-6-4-7-12-19/h4-17,23H,18H2,1-3H3,(H,26,27). The molecule has 150 valence electrons. The van der Waals surface area contributed by atoms with Gasteiger partial charge in [-0.2, -0.15) is 0 Å². The van der Waals surface area contributed by atoms with Crippen molar-refractivity contribution in [2.75, 3.05) is 0 Å². The second kappa shape index (κ2) is 9.28. The van der Waals surface area contributed by atoms with E-state index in [4.69, 9.17) is 9.47 Å². The van der Waals surface area contributed by atoms with E-state index in [-0.39, 0.29) is 6.04 Å². The lowest BCUT2D eigenvalue weighted by atomic mass is 9.98. The summed E-state index contributed by atoms with van der Waals surface area (Å²) in [6.07, 6.45) is -0.457. The first-order valence-corrected chi connectivity index (χ1v) is 9.72. The van der Waals surface area contributed by atoms with Gasteiger partial charge in [-0.3, -0.25) is 0 Å². The number of amides is 1. The summed E-state index contributed by atoms with van der Waals surface area (Å²) in [7, 11) is 0. The maximum Gasteiger partial charge on any atom is 0.408 e. The molecular formula is C25H27NO3. The molecule has 3 aromatic rings. The van der Waals surface area contributed by atoms with E-state index in [1.54, 1.807) is 0 Å². The van der Waals surface area contributed by atoms with Crippen LogP contribution in [0.1, 0.15) is 43.5 Å². The molecule has 4 heteroatoms. The third-order valence-corrected chi connectivity index (χ3v) is 4.23. The molecule has 1 amide bonds. The lowest BCUT2D eigenvalue weighted by Crippen LogP contribution is -2.35. The predicted molar refractivity (Wildman–Crippen MR) is 115 cm³/mol. The molecule has 0 aliphatic rings. The molecule has 3 aromatic carbocycles. The molecule has 0 aromatic heterocycles. The van der Waals surface area contributed by atoms with Crippen LogP contribution in [0.2, 0.25) is 0 Å². The topological polar surface area (TPSA) is 47.6 Å². The number of carbonyl (C=O) groups excluding carboxylic acids is 1. The zero-order chi connectivity index (χ0) is 20.7. The molecule has 0 radical (unpaired) electrons. The lowest BCUT2D eigenvalue weighted by molar-refractivity contribution is 0.0512. The zero-order valence-corrected chi connectivity index (χ0v) is 17.1. The van der Waals surface area contributed by atoms with Gasteiger partial charge in [-0.15, -0.1) is 0 Å². The van der Waals surface area contributed by atoms with Crippen molar-refractivity contribution in [2.24, 2.45) is 0 Å². The van der Waals surface area contributed by atoms with Crippen LogP contribution in [0.25, 0.3) is 0 Å². The van der Waals surface area contributed by atoms with Crippen LogP contribution in [0.5, 0.6) is 5.75 Å². The number of alkyl carbamates (subject to hydrolysis) is 1. The second-order valence-electron chi connectivity index (χ2n) is 7.84. The van der Waals surface area contributed by atoms with Gasteiger partial charge in [-0.1, -0.05) is 72.8 Å². The molecule has 0 aliphatic carbocycles. The van der Waals surface area contributed by atoms with E-state index < -0.39 is 11.7 Å². The summed E-state index contributed by atoms with van der Waals surface area (Å²) < 4.78 is 11.4. The zero-order valence-electron chi connectivity index (χ0n) is 17.1. The molecule has 29 heavy (non-hydrogen) atoms. The van der Waals surface area contributed by atoms with Gasteiger partial charge in [-0.05, 0) is 49.6 Å². The van der Waals surface area contributed by atoms with E-state index in [1.807, 2.05) is 106 Å². The smallest absolute Gasteiger partial charge is 0.408 e. The monoisotopic (exact) mass is 389 g/mol. The first kappa shape index (κ1) is 20.5. The summed E-state index contributed by atoms with van der Waals surface area (Å²) in [4.78, 5) is 12.4. The third-order valence-electron chi connectivity index (χ3n) is 4.23. The van der Waals surface area contributed by atoms with Gasteiger partial charge in [0.25, 0.3) is 0 Å². The lowest BCUT2D eigenvalue weighted by Gasteiger charge is -2.24. The predicted octanol–water partition coefficient (Wildman–Crippen LogP) is 5.88. The number of carbonyl (C=O) groups is 1. The van der Waals surface area contributed by atoms with Crippen LogP contribution in [0.4, 0.5) is 4.79 Å². The summed E-state index contributed by atoms with van der Waals surface area (Å²) >= 11 is 0. The van der Waals surface area contributed by atoms with Crippen LogP contribution in [-0.2, 0) is 11.3 Å². The Labute approximate surface area is 172 Å². The molecule has 1 unspecified atom stereocenters. The number of hydrogen-bond acceptors (Lipinski definition) is 3. The Morgan fingerprint density at radius 1 is 0.862 bits per heavy atom. The molecule has 1 atom stereocenters. The second-order valence-corrected chi connectivity index (χ2v) is 7.84. The molecule has 0 spiro atoms. The van der Waals surface area contributed by atoms with E-state index in [2.05, 4.69) is 5.32 Å². The van der Waals surface area contributed by atoms with Gasteiger partial charge in [0, 0.05) is 0 Å². The number of hydrogen-bond donors (Lipinski definition) is 1. The summed E-state index contributed by atoms with van der Waals surface area (Å²) in [6, 6.07) is 27.3. The highest BCUT2D eigenvalue weighted by Gasteiger charge is 2.22. The van der Waals surface area contributed by atoms with Gasteiger partial charge in [0.05, 0.1) is 6.04 Å². The van der Waals surface area contributed by atoms with Crippen molar-refractivity contribution < 1.29 is 14.3 Å². The molecule has 0 bridgehead atoms. The fourth-order valence-electron chi connectivity index (χ4n) is 2.95. The highest BCUT2D eigenvalue weighted by atomic mass is 16.6. The highest BCUT2D eigenvalue weighted by molar-refractivity contribution is 5.69. The van der Waals surface area contributed by atoms with Crippen molar-refractivity contribution >= 4 is 6.09 Å². The number of ether oxygens (including phenoxy) is 2. The molecule has 0 heterocycles. The van der Waals surface area contributed by atoms with Gasteiger partial charge in [0.15, 0.2) is 0 Å². The molecular weight excluding hydrogens is 362 g/mol. The number of benzene rings is 3. The Bertz CT molecular complexity index is 918. The SMILES string of the molecule is CC(C)(C)OC(=O)NC(c1ccccc1)c1cccc(OCc2ccccc2)c1.